The number of piperidine rings is 1. The second-order valence-corrected chi connectivity index (χ2v) is 5.44. The standard InChI is InChI=1S/C15H24N4O/c1-12(20)18-10-13-4-7-19(8-5-13)11-15-9-14(16-2)3-6-17-15/h3,6,9,13H,4-5,7-8,10-11H2,1-2H3,(H,16,17)(H,18,20). The van der Waals surface area contributed by atoms with Crippen molar-refractivity contribution in [1.82, 2.24) is 15.2 Å². The third kappa shape index (κ3) is 4.49. The van der Waals surface area contributed by atoms with Crippen molar-refractivity contribution in [3.63, 3.8) is 0 Å². The van der Waals surface area contributed by atoms with Crippen LogP contribution in [-0.2, 0) is 11.3 Å². The summed E-state index contributed by atoms with van der Waals surface area (Å²) in [6.45, 7) is 5.46. The highest BCUT2D eigenvalue weighted by atomic mass is 16.1. The van der Waals surface area contributed by atoms with E-state index in [9.17, 15) is 4.79 Å². The summed E-state index contributed by atoms with van der Waals surface area (Å²) in [6.07, 6.45) is 4.14. The monoisotopic (exact) mass is 276 g/mol. The first kappa shape index (κ1) is 14.8. The van der Waals surface area contributed by atoms with Crippen molar-refractivity contribution in [3.8, 4) is 0 Å². The zero-order valence-electron chi connectivity index (χ0n) is 12.4. The second-order valence-electron chi connectivity index (χ2n) is 5.44. The first-order valence-corrected chi connectivity index (χ1v) is 7.27. The van der Waals surface area contributed by atoms with Gasteiger partial charge in [-0.15, -0.1) is 0 Å². The fourth-order valence-corrected chi connectivity index (χ4v) is 2.59. The van der Waals surface area contributed by atoms with Gasteiger partial charge >= 0.3 is 0 Å². The van der Waals surface area contributed by atoms with Gasteiger partial charge in [0.2, 0.25) is 5.91 Å². The number of carbonyl (C=O) groups excluding carboxylic acids is 1. The molecule has 0 spiro atoms. The molecule has 0 bridgehead atoms. The molecule has 5 nitrogen and oxygen atoms in total. The molecule has 2 rings (SSSR count). The predicted molar refractivity (Wildman–Crippen MR) is 80.5 cm³/mol. The van der Waals surface area contributed by atoms with Gasteiger partial charge in [-0.3, -0.25) is 14.7 Å². The molecular formula is C15H24N4O. The lowest BCUT2D eigenvalue weighted by Crippen LogP contribution is -2.37. The summed E-state index contributed by atoms with van der Waals surface area (Å²) in [5.74, 6) is 0.687. The number of nitrogens with zero attached hydrogens (tertiary/aromatic N) is 2. The molecule has 1 saturated heterocycles. The molecule has 0 saturated carbocycles. The van der Waals surface area contributed by atoms with Crippen molar-refractivity contribution in [2.45, 2.75) is 26.3 Å². The molecule has 5 heteroatoms. The molecule has 0 atom stereocenters. The topological polar surface area (TPSA) is 57.3 Å². The van der Waals surface area contributed by atoms with Gasteiger partial charge in [0.25, 0.3) is 0 Å². The highest BCUT2D eigenvalue weighted by molar-refractivity contribution is 5.72. The summed E-state index contributed by atoms with van der Waals surface area (Å²) in [5, 5.41) is 6.06. The maximum Gasteiger partial charge on any atom is 0.216 e. The van der Waals surface area contributed by atoms with Crippen LogP contribution in [0, 0.1) is 5.92 Å². The van der Waals surface area contributed by atoms with E-state index in [4.69, 9.17) is 0 Å². The van der Waals surface area contributed by atoms with E-state index in [1.807, 2.05) is 19.3 Å². The summed E-state index contributed by atoms with van der Waals surface area (Å²) >= 11 is 0. The lowest BCUT2D eigenvalue weighted by Gasteiger charge is -2.31. The molecule has 1 aromatic rings. The van der Waals surface area contributed by atoms with Crippen molar-refractivity contribution in [1.29, 1.82) is 0 Å². The van der Waals surface area contributed by atoms with Crippen molar-refractivity contribution in [2.75, 3.05) is 32.0 Å². The van der Waals surface area contributed by atoms with E-state index in [2.05, 4.69) is 26.6 Å². The van der Waals surface area contributed by atoms with Crippen LogP contribution in [0.3, 0.4) is 0 Å². The van der Waals surface area contributed by atoms with Crippen molar-refractivity contribution < 1.29 is 4.79 Å². The first-order chi connectivity index (χ1) is 9.67. The van der Waals surface area contributed by atoms with Gasteiger partial charge in [0, 0.05) is 38.9 Å². The first-order valence-electron chi connectivity index (χ1n) is 7.27. The van der Waals surface area contributed by atoms with Crippen molar-refractivity contribution >= 4 is 11.6 Å². The molecule has 0 radical (unpaired) electrons. The molecule has 0 unspecified atom stereocenters. The van der Waals surface area contributed by atoms with Gasteiger partial charge in [0.05, 0.1) is 5.69 Å². The number of pyridine rings is 1. The van der Waals surface area contributed by atoms with Crippen molar-refractivity contribution in [2.24, 2.45) is 5.92 Å². The quantitative estimate of drug-likeness (QED) is 0.855. The molecule has 0 aliphatic carbocycles. The van der Waals surface area contributed by atoms with Gasteiger partial charge in [-0.25, -0.2) is 0 Å². The molecule has 0 aromatic carbocycles. The van der Waals surface area contributed by atoms with Crippen LogP contribution in [0.4, 0.5) is 5.69 Å². The normalized spacial score (nSPS) is 16.9. The summed E-state index contributed by atoms with van der Waals surface area (Å²) in [6, 6.07) is 4.08. The molecular weight excluding hydrogens is 252 g/mol. The Morgan fingerprint density at radius 3 is 2.85 bits per heavy atom. The number of rotatable bonds is 5. The molecule has 110 valence electrons. The zero-order chi connectivity index (χ0) is 14.4. The third-order valence-electron chi connectivity index (χ3n) is 3.84. The van der Waals surface area contributed by atoms with Gasteiger partial charge in [0.15, 0.2) is 0 Å². The summed E-state index contributed by atoms with van der Waals surface area (Å²) < 4.78 is 0. The Kier molecular flexibility index (Phi) is 5.35. The zero-order valence-corrected chi connectivity index (χ0v) is 12.4. The maximum atomic E-state index is 10.9. The number of likely N-dealkylation sites (tertiary alicyclic amines) is 1. The van der Waals surface area contributed by atoms with E-state index in [-0.39, 0.29) is 5.91 Å². The Morgan fingerprint density at radius 1 is 1.45 bits per heavy atom. The van der Waals surface area contributed by atoms with Gasteiger partial charge in [-0.2, -0.15) is 0 Å². The van der Waals surface area contributed by atoms with E-state index in [0.29, 0.717) is 5.92 Å². The van der Waals surface area contributed by atoms with Gasteiger partial charge < -0.3 is 10.6 Å². The average Bonchev–Trinajstić information content (AvgIpc) is 2.47. The Bertz CT molecular complexity index is 441. The highest BCUT2D eigenvalue weighted by Crippen LogP contribution is 2.18. The van der Waals surface area contributed by atoms with E-state index in [0.717, 1.165) is 50.4 Å². The summed E-state index contributed by atoms with van der Waals surface area (Å²) in [5.41, 5.74) is 2.22. The largest absolute Gasteiger partial charge is 0.388 e. The molecule has 1 aromatic heterocycles. The molecule has 1 aliphatic heterocycles. The predicted octanol–water partition coefficient (Wildman–Crippen LogP) is 1.47. The molecule has 1 aliphatic rings. The van der Waals surface area contributed by atoms with E-state index in [1.165, 1.54) is 0 Å². The minimum atomic E-state index is 0.0699. The van der Waals surface area contributed by atoms with E-state index >= 15 is 0 Å². The number of amides is 1. The number of nitrogens with one attached hydrogen (secondary N) is 2. The maximum absolute atomic E-state index is 10.9. The lowest BCUT2D eigenvalue weighted by atomic mass is 9.96. The molecule has 1 amide bonds. The van der Waals surface area contributed by atoms with Crippen LogP contribution in [-0.4, -0.2) is 42.5 Å². The SMILES string of the molecule is CNc1ccnc(CN2CCC(CNC(C)=O)CC2)c1. The van der Waals surface area contributed by atoms with Crippen LogP contribution >= 0.6 is 0 Å². The summed E-state index contributed by atoms with van der Waals surface area (Å²) in [4.78, 5) is 17.8. The highest BCUT2D eigenvalue weighted by Gasteiger charge is 2.19. The van der Waals surface area contributed by atoms with Gasteiger partial charge in [0.1, 0.15) is 0 Å². The number of hydrogen-bond donors (Lipinski definition) is 2. The minimum absolute atomic E-state index is 0.0699. The van der Waals surface area contributed by atoms with Crippen molar-refractivity contribution in [3.05, 3.63) is 24.0 Å². The van der Waals surface area contributed by atoms with Crippen LogP contribution < -0.4 is 10.6 Å². The molecule has 2 heterocycles. The molecule has 2 N–H and O–H groups in total. The lowest BCUT2D eigenvalue weighted by molar-refractivity contribution is -0.119. The van der Waals surface area contributed by atoms with Gasteiger partial charge in [-0.1, -0.05) is 0 Å². The fraction of sp³-hybridized carbons (Fsp3) is 0.600. The van der Waals surface area contributed by atoms with E-state index < -0.39 is 0 Å². The Balaban J connectivity index is 1.77. The van der Waals surface area contributed by atoms with Crippen LogP contribution in [0.1, 0.15) is 25.5 Å². The van der Waals surface area contributed by atoms with Crippen LogP contribution in [0.5, 0.6) is 0 Å². The Labute approximate surface area is 120 Å². The fourth-order valence-electron chi connectivity index (χ4n) is 2.59. The van der Waals surface area contributed by atoms with Crippen LogP contribution in [0.15, 0.2) is 18.3 Å². The Morgan fingerprint density at radius 2 is 2.20 bits per heavy atom. The molecule has 20 heavy (non-hydrogen) atoms. The Hall–Kier alpha value is -1.62. The van der Waals surface area contributed by atoms with Crippen LogP contribution in [0.25, 0.3) is 0 Å². The third-order valence-corrected chi connectivity index (χ3v) is 3.84. The number of carbonyl (C=O) groups is 1. The summed E-state index contributed by atoms with van der Waals surface area (Å²) in [7, 11) is 1.92. The smallest absolute Gasteiger partial charge is 0.216 e. The van der Waals surface area contributed by atoms with Crippen LogP contribution in [0.2, 0.25) is 0 Å². The molecule has 1 fully saturated rings. The second kappa shape index (κ2) is 7.24. The number of aromatic nitrogens is 1. The number of anilines is 1. The number of hydrogen-bond acceptors (Lipinski definition) is 4. The minimum Gasteiger partial charge on any atom is -0.388 e. The average molecular weight is 276 g/mol. The van der Waals surface area contributed by atoms with E-state index in [1.54, 1.807) is 6.92 Å². The van der Waals surface area contributed by atoms with Gasteiger partial charge in [-0.05, 0) is 44.0 Å².